The second-order valence-electron chi connectivity index (χ2n) is 6.43. The molecule has 4 heteroatoms. The monoisotopic (exact) mass is 306 g/mol. The average molecular weight is 307 g/mol. The van der Waals surface area contributed by atoms with Crippen LogP contribution >= 0.6 is 11.6 Å². The van der Waals surface area contributed by atoms with Crippen molar-refractivity contribution >= 4 is 23.2 Å². The number of amides is 1. The van der Waals surface area contributed by atoms with Crippen LogP contribution < -0.4 is 5.73 Å². The Labute approximate surface area is 131 Å². The lowest BCUT2D eigenvalue weighted by Gasteiger charge is -2.30. The molecule has 2 N–H and O–H groups in total. The second-order valence-corrected chi connectivity index (χ2v) is 6.84. The SMILES string of the molecule is Nc1ccc(C(=O)N(CC2CCCCC2)C2CC2)c(Cl)c1. The number of hydrogen-bond acceptors (Lipinski definition) is 2. The van der Waals surface area contributed by atoms with Gasteiger partial charge in [-0.25, -0.2) is 0 Å². The Bertz CT molecular complexity index is 522. The molecule has 0 aromatic heterocycles. The van der Waals surface area contributed by atoms with Crippen LogP contribution in [-0.2, 0) is 0 Å². The summed E-state index contributed by atoms with van der Waals surface area (Å²) in [5.41, 5.74) is 6.91. The van der Waals surface area contributed by atoms with Crippen molar-refractivity contribution in [2.45, 2.75) is 51.0 Å². The Morgan fingerprint density at radius 1 is 1.19 bits per heavy atom. The van der Waals surface area contributed by atoms with Crippen molar-refractivity contribution in [1.29, 1.82) is 0 Å². The van der Waals surface area contributed by atoms with Crippen molar-refractivity contribution < 1.29 is 4.79 Å². The van der Waals surface area contributed by atoms with Crippen LogP contribution in [0.25, 0.3) is 0 Å². The normalized spacial score (nSPS) is 19.5. The molecule has 3 nitrogen and oxygen atoms in total. The van der Waals surface area contributed by atoms with Crippen LogP contribution in [0.3, 0.4) is 0 Å². The van der Waals surface area contributed by atoms with E-state index in [9.17, 15) is 4.79 Å². The quantitative estimate of drug-likeness (QED) is 0.851. The van der Waals surface area contributed by atoms with E-state index in [0.717, 1.165) is 19.4 Å². The van der Waals surface area contributed by atoms with Gasteiger partial charge in [0.05, 0.1) is 10.6 Å². The average Bonchev–Trinajstić information content (AvgIpc) is 3.30. The number of rotatable bonds is 4. The number of nitrogens with two attached hydrogens (primary N) is 1. The van der Waals surface area contributed by atoms with Crippen molar-refractivity contribution in [3.05, 3.63) is 28.8 Å². The fourth-order valence-corrected chi connectivity index (χ4v) is 3.56. The second kappa shape index (κ2) is 6.27. The van der Waals surface area contributed by atoms with Gasteiger partial charge < -0.3 is 10.6 Å². The number of carbonyl (C=O) groups is 1. The van der Waals surface area contributed by atoms with Crippen molar-refractivity contribution in [2.24, 2.45) is 5.92 Å². The smallest absolute Gasteiger partial charge is 0.255 e. The molecule has 0 aliphatic heterocycles. The Morgan fingerprint density at radius 2 is 1.90 bits per heavy atom. The van der Waals surface area contributed by atoms with E-state index in [1.54, 1.807) is 18.2 Å². The third-order valence-electron chi connectivity index (χ3n) is 4.65. The predicted molar refractivity (Wildman–Crippen MR) is 86.5 cm³/mol. The van der Waals surface area contributed by atoms with Crippen molar-refractivity contribution in [3.8, 4) is 0 Å². The molecular formula is C17H23ClN2O. The zero-order valence-corrected chi connectivity index (χ0v) is 13.1. The Kier molecular flexibility index (Phi) is 4.39. The molecule has 114 valence electrons. The minimum atomic E-state index is 0.0769. The molecule has 21 heavy (non-hydrogen) atoms. The molecule has 0 atom stereocenters. The van der Waals surface area contributed by atoms with Gasteiger partial charge in [0.15, 0.2) is 0 Å². The highest BCUT2D eigenvalue weighted by molar-refractivity contribution is 6.34. The molecule has 0 unspecified atom stereocenters. The lowest BCUT2D eigenvalue weighted by molar-refractivity contribution is 0.0699. The van der Waals surface area contributed by atoms with Gasteiger partial charge in [0.2, 0.25) is 0 Å². The van der Waals surface area contributed by atoms with Gasteiger partial charge in [-0.15, -0.1) is 0 Å². The Hall–Kier alpha value is -1.22. The minimum absolute atomic E-state index is 0.0769. The maximum Gasteiger partial charge on any atom is 0.255 e. The van der Waals surface area contributed by atoms with E-state index >= 15 is 0 Å². The largest absolute Gasteiger partial charge is 0.399 e. The van der Waals surface area contributed by atoms with Crippen LogP contribution in [0.4, 0.5) is 5.69 Å². The molecule has 0 saturated heterocycles. The van der Waals surface area contributed by atoms with Crippen molar-refractivity contribution in [1.82, 2.24) is 4.90 Å². The van der Waals surface area contributed by atoms with Gasteiger partial charge in [-0.05, 0) is 49.8 Å². The summed E-state index contributed by atoms with van der Waals surface area (Å²) in [6, 6.07) is 5.61. The maximum absolute atomic E-state index is 12.8. The first kappa shape index (κ1) is 14.7. The summed E-state index contributed by atoms with van der Waals surface area (Å²) < 4.78 is 0. The molecular weight excluding hydrogens is 284 g/mol. The molecule has 2 aliphatic rings. The standard InChI is InChI=1S/C17H23ClN2O/c18-16-10-13(19)6-9-15(16)17(21)20(14-7-8-14)11-12-4-2-1-3-5-12/h6,9-10,12,14H,1-5,7-8,11,19H2. The molecule has 1 aromatic carbocycles. The van der Waals surface area contributed by atoms with Crippen LogP contribution in [-0.4, -0.2) is 23.4 Å². The highest BCUT2D eigenvalue weighted by atomic mass is 35.5. The molecule has 3 rings (SSSR count). The topological polar surface area (TPSA) is 46.3 Å². The van der Waals surface area contributed by atoms with Crippen LogP contribution in [0, 0.1) is 5.92 Å². The van der Waals surface area contributed by atoms with Crippen LogP contribution in [0.15, 0.2) is 18.2 Å². The fourth-order valence-electron chi connectivity index (χ4n) is 3.29. The van der Waals surface area contributed by atoms with Crippen LogP contribution in [0.2, 0.25) is 5.02 Å². The number of nitrogens with zero attached hydrogens (tertiary/aromatic N) is 1. The summed E-state index contributed by atoms with van der Waals surface area (Å²) in [5, 5.41) is 0.467. The van der Waals surface area contributed by atoms with Crippen molar-refractivity contribution in [2.75, 3.05) is 12.3 Å². The minimum Gasteiger partial charge on any atom is -0.399 e. The van der Waals surface area contributed by atoms with E-state index in [2.05, 4.69) is 4.90 Å². The summed E-state index contributed by atoms with van der Waals surface area (Å²) in [4.78, 5) is 14.9. The number of nitrogen functional groups attached to an aromatic ring is 1. The highest BCUT2D eigenvalue weighted by Crippen LogP contribution is 2.33. The summed E-state index contributed by atoms with van der Waals surface area (Å²) in [7, 11) is 0. The number of anilines is 1. The van der Waals surface area contributed by atoms with E-state index in [0.29, 0.717) is 28.2 Å². The summed E-state index contributed by atoms with van der Waals surface area (Å²) >= 11 is 6.21. The molecule has 0 radical (unpaired) electrons. The van der Waals surface area contributed by atoms with E-state index < -0.39 is 0 Å². The molecule has 2 aliphatic carbocycles. The van der Waals surface area contributed by atoms with Crippen molar-refractivity contribution in [3.63, 3.8) is 0 Å². The number of carbonyl (C=O) groups excluding carboxylic acids is 1. The van der Waals surface area contributed by atoms with E-state index in [4.69, 9.17) is 17.3 Å². The lowest BCUT2D eigenvalue weighted by Crippen LogP contribution is -2.38. The Morgan fingerprint density at radius 3 is 2.52 bits per heavy atom. The van der Waals surface area contributed by atoms with Gasteiger partial charge in [-0.1, -0.05) is 30.9 Å². The van der Waals surface area contributed by atoms with Crippen LogP contribution in [0.1, 0.15) is 55.3 Å². The van der Waals surface area contributed by atoms with E-state index in [-0.39, 0.29) is 5.91 Å². The fraction of sp³-hybridized carbons (Fsp3) is 0.588. The zero-order chi connectivity index (χ0) is 14.8. The van der Waals surface area contributed by atoms with E-state index in [1.165, 1.54) is 32.1 Å². The van der Waals surface area contributed by atoms with Gasteiger partial charge in [0.1, 0.15) is 0 Å². The molecule has 1 amide bonds. The molecule has 0 heterocycles. The van der Waals surface area contributed by atoms with Gasteiger partial charge >= 0.3 is 0 Å². The molecule has 0 bridgehead atoms. The van der Waals surface area contributed by atoms with Crippen LogP contribution in [0.5, 0.6) is 0 Å². The molecule has 0 spiro atoms. The van der Waals surface area contributed by atoms with Gasteiger partial charge in [0, 0.05) is 18.3 Å². The first-order valence-electron chi connectivity index (χ1n) is 8.01. The first-order valence-corrected chi connectivity index (χ1v) is 8.39. The molecule has 1 aromatic rings. The van der Waals surface area contributed by atoms with Gasteiger partial charge in [-0.2, -0.15) is 0 Å². The Balaban J connectivity index is 1.75. The highest BCUT2D eigenvalue weighted by Gasteiger charge is 2.35. The molecule has 2 saturated carbocycles. The third-order valence-corrected chi connectivity index (χ3v) is 4.96. The number of hydrogen-bond donors (Lipinski definition) is 1. The van der Waals surface area contributed by atoms with Gasteiger partial charge in [0.25, 0.3) is 5.91 Å². The summed E-state index contributed by atoms with van der Waals surface area (Å²) in [5.74, 6) is 0.740. The first-order chi connectivity index (χ1) is 10.1. The lowest BCUT2D eigenvalue weighted by atomic mass is 9.88. The van der Waals surface area contributed by atoms with Gasteiger partial charge in [-0.3, -0.25) is 4.79 Å². The summed E-state index contributed by atoms with van der Waals surface area (Å²) in [6.45, 7) is 0.893. The third kappa shape index (κ3) is 3.52. The number of halogens is 1. The summed E-state index contributed by atoms with van der Waals surface area (Å²) in [6.07, 6.45) is 8.73. The predicted octanol–water partition coefficient (Wildman–Crippen LogP) is 4.11. The molecule has 2 fully saturated rings. The maximum atomic E-state index is 12.8. The van der Waals surface area contributed by atoms with E-state index in [1.807, 2.05) is 0 Å². The number of benzene rings is 1. The zero-order valence-electron chi connectivity index (χ0n) is 12.4.